The number of rotatable bonds is 6. The summed E-state index contributed by atoms with van der Waals surface area (Å²) in [5, 5.41) is 15.1. The lowest BCUT2D eigenvalue weighted by Gasteiger charge is -2.25. The monoisotopic (exact) mass is 257 g/mol. The van der Waals surface area contributed by atoms with Gasteiger partial charge in [-0.05, 0) is 49.6 Å². The van der Waals surface area contributed by atoms with Crippen LogP contribution in [0.4, 0.5) is 0 Å². The van der Waals surface area contributed by atoms with Crippen molar-refractivity contribution in [2.24, 2.45) is 0 Å². The molecule has 0 heterocycles. The summed E-state index contributed by atoms with van der Waals surface area (Å²) >= 11 is 0. The van der Waals surface area contributed by atoms with Gasteiger partial charge in [0.1, 0.15) is 0 Å². The van der Waals surface area contributed by atoms with Crippen molar-refractivity contribution in [3.63, 3.8) is 0 Å². The van der Waals surface area contributed by atoms with Crippen LogP contribution in [0.25, 0.3) is 10.8 Å². The minimum atomic E-state index is 0.00555. The normalized spacial score (nSPS) is 11.9. The molecule has 0 aliphatic rings. The molecule has 0 atom stereocenters. The molecule has 0 unspecified atom stereocenters. The number of hydrogen-bond donors (Lipinski definition) is 2. The van der Waals surface area contributed by atoms with Crippen molar-refractivity contribution >= 4 is 10.8 Å². The second-order valence-electron chi connectivity index (χ2n) is 5.72. The molecule has 0 radical (unpaired) electrons. The zero-order valence-corrected chi connectivity index (χ0v) is 11.8. The van der Waals surface area contributed by atoms with Crippen LogP contribution < -0.4 is 5.32 Å². The van der Waals surface area contributed by atoms with Crippen LogP contribution in [-0.4, -0.2) is 23.8 Å². The first-order valence-electron chi connectivity index (χ1n) is 6.94. The van der Waals surface area contributed by atoms with E-state index < -0.39 is 0 Å². The van der Waals surface area contributed by atoms with Crippen molar-refractivity contribution in [1.82, 2.24) is 5.32 Å². The lowest BCUT2D eigenvalue weighted by molar-refractivity contribution is 0.231. The summed E-state index contributed by atoms with van der Waals surface area (Å²) in [6.45, 7) is 5.43. The Bertz CT molecular complexity index is 534. The molecule has 2 aromatic carbocycles. The van der Waals surface area contributed by atoms with Gasteiger partial charge < -0.3 is 10.4 Å². The standard InChI is InChI=1S/C17H23NO/c1-17(2,10-12-19)18-11-9-14-7-8-15-5-3-4-6-16(15)13-14/h3-8,13,18-19H,9-12H2,1-2H3. The van der Waals surface area contributed by atoms with Gasteiger partial charge in [0, 0.05) is 12.1 Å². The third kappa shape index (κ3) is 4.05. The van der Waals surface area contributed by atoms with E-state index in [1.54, 1.807) is 0 Å². The van der Waals surface area contributed by atoms with E-state index in [0.29, 0.717) is 0 Å². The Morgan fingerprint density at radius 3 is 2.53 bits per heavy atom. The highest BCUT2D eigenvalue weighted by atomic mass is 16.3. The topological polar surface area (TPSA) is 32.3 Å². The van der Waals surface area contributed by atoms with Crippen molar-refractivity contribution < 1.29 is 5.11 Å². The molecule has 0 saturated carbocycles. The van der Waals surface area contributed by atoms with Crippen LogP contribution >= 0.6 is 0 Å². The van der Waals surface area contributed by atoms with Crippen LogP contribution in [0.3, 0.4) is 0 Å². The summed E-state index contributed by atoms with van der Waals surface area (Å²) in [7, 11) is 0. The highest BCUT2D eigenvalue weighted by Gasteiger charge is 2.15. The van der Waals surface area contributed by atoms with Gasteiger partial charge in [0.2, 0.25) is 0 Å². The van der Waals surface area contributed by atoms with Gasteiger partial charge in [-0.15, -0.1) is 0 Å². The Morgan fingerprint density at radius 2 is 1.79 bits per heavy atom. The van der Waals surface area contributed by atoms with E-state index in [0.717, 1.165) is 19.4 Å². The number of aliphatic hydroxyl groups is 1. The van der Waals surface area contributed by atoms with E-state index in [4.69, 9.17) is 5.11 Å². The third-order valence-corrected chi connectivity index (χ3v) is 3.57. The van der Waals surface area contributed by atoms with Crippen LogP contribution in [0, 0.1) is 0 Å². The fourth-order valence-corrected chi connectivity index (χ4v) is 2.31. The lowest BCUT2D eigenvalue weighted by atomic mass is 10.0. The smallest absolute Gasteiger partial charge is 0.0448 e. The maximum absolute atomic E-state index is 9.00. The predicted octanol–water partition coefficient (Wildman–Crippen LogP) is 3.13. The van der Waals surface area contributed by atoms with Gasteiger partial charge >= 0.3 is 0 Å². The van der Waals surface area contributed by atoms with Crippen LogP contribution in [-0.2, 0) is 6.42 Å². The summed E-state index contributed by atoms with van der Waals surface area (Å²) in [6.07, 6.45) is 1.80. The van der Waals surface area contributed by atoms with Gasteiger partial charge in [0.05, 0.1) is 0 Å². The first kappa shape index (κ1) is 14.0. The van der Waals surface area contributed by atoms with Gasteiger partial charge in [0.15, 0.2) is 0 Å². The van der Waals surface area contributed by atoms with Gasteiger partial charge in [-0.25, -0.2) is 0 Å². The molecule has 2 nitrogen and oxygen atoms in total. The number of nitrogens with one attached hydrogen (secondary N) is 1. The van der Waals surface area contributed by atoms with Crippen LogP contribution in [0.5, 0.6) is 0 Å². The van der Waals surface area contributed by atoms with Gasteiger partial charge in [-0.1, -0.05) is 42.5 Å². The largest absolute Gasteiger partial charge is 0.396 e. The molecule has 0 aromatic heterocycles. The van der Waals surface area contributed by atoms with E-state index in [2.05, 4.69) is 61.6 Å². The van der Waals surface area contributed by atoms with Gasteiger partial charge in [0.25, 0.3) is 0 Å². The number of hydrogen-bond acceptors (Lipinski definition) is 2. The second-order valence-corrected chi connectivity index (χ2v) is 5.72. The fraction of sp³-hybridized carbons (Fsp3) is 0.412. The molecule has 102 valence electrons. The van der Waals surface area contributed by atoms with E-state index in [1.807, 2.05) is 0 Å². The maximum atomic E-state index is 9.00. The van der Waals surface area contributed by atoms with Crippen molar-refractivity contribution in [1.29, 1.82) is 0 Å². The predicted molar refractivity (Wildman–Crippen MR) is 81.4 cm³/mol. The van der Waals surface area contributed by atoms with E-state index in [-0.39, 0.29) is 12.1 Å². The second kappa shape index (κ2) is 6.18. The Morgan fingerprint density at radius 1 is 1.05 bits per heavy atom. The summed E-state index contributed by atoms with van der Waals surface area (Å²) in [5.41, 5.74) is 1.36. The molecule has 19 heavy (non-hydrogen) atoms. The molecule has 0 aliphatic carbocycles. The van der Waals surface area contributed by atoms with Crippen LogP contribution in [0.15, 0.2) is 42.5 Å². The highest BCUT2D eigenvalue weighted by Crippen LogP contribution is 2.16. The van der Waals surface area contributed by atoms with Crippen molar-refractivity contribution in [2.75, 3.05) is 13.2 Å². The zero-order chi connectivity index (χ0) is 13.7. The Hall–Kier alpha value is -1.38. The minimum absolute atomic E-state index is 0.00555. The Labute approximate surface area is 115 Å². The number of fused-ring (bicyclic) bond motifs is 1. The first-order valence-corrected chi connectivity index (χ1v) is 6.94. The molecular weight excluding hydrogens is 234 g/mol. The summed E-state index contributed by atoms with van der Waals surface area (Å²) in [4.78, 5) is 0. The fourth-order valence-electron chi connectivity index (χ4n) is 2.31. The summed E-state index contributed by atoms with van der Waals surface area (Å²) in [5.74, 6) is 0. The molecule has 0 saturated heterocycles. The number of aliphatic hydroxyl groups excluding tert-OH is 1. The van der Waals surface area contributed by atoms with Crippen molar-refractivity contribution in [3.8, 4) is 0 Å². The Kier molecular flexibility index (Phi) is 4.56. The Balaban J connectivity index is 1.95. The minimum Gasteiger partial charge on any atom is -0.396 e. The molecule has 0 bridgehead atoms. The van der Waals surface area contributed by atoms with Crippen LogP contribution in [0.2, 0.25) is 0 Å². The molecule has 2 aromatic rings. The van der Waals surface area contributed by atoms with Crippen molar-refractivity contribution in [2.45, 2.75) is 32.2 Å². The highest BCUT2D eigenvalue weighted by molar-refractivity contribution is 5.82. The van der Waals surface area contributed by atoms with Gasteiger partial charge in [-0.3, -0.25) is 0 Å². The lowest BCUT2D eigenvalue weighted by Crippen LogP contribution is -2.41. The van der Waals surface area contributed by atoms with Gasteiger partial charge in [-0.2, -0.15) is 0 Å². The zero-order valence-electron chi connectivity index (χ0n) is 11.8. The molecule has 2 heteroatoms. The average molecular weight is 257 g/mol. The maximum Gasteiger partial charge on any atom is 0.0448 e. The average Bonchev–Trinajstić information content (AvgIpc) is 2.38. The van der Waals surface area contributed by atoms with Crippen LogP contribution in [0.1, 0.15) is 25.8 Å². The molecule has 2 rings (SSSR count). The first-order chi connectivity index (χ1) is 9.11. The number of benzene rings is 2. The van der Waals surface area contributed by atoms with E-state index in [1.165, 1.54) is 16.3 Å². The quantitative estimate of drug-likeness (QED) is 0.833. The molecule has 0 spiro atoms. The van der Waals surface area contributed by atoms with Crippen molar-refractivity contribution in [3.05, 3.63) is 48.0 Å². The SMILES string of the molecule is CC(C)(CCO)NCCc1ccc2ccccc2c1. The van der Waals surface area contributed by atoms with E-state index in [9.17, 15) is 0 Å². The summed E-state index contributed by atoms with van der Waals surface area (Å²) < 4.78 is 0. The summed E-state index contributed by atoms with van der Waals surface area (Å²) in [6, 6.07) is 15.1. The molecule has 0 amide bonds. The van der Waals surface area contributed by atoms with E-state index >= 15 is 0 Å². The molecule has 0 aliphatic heterocycles. The molecule has 0 fully saturated rings. The third-order valence-electron chi connectivity index (χ3n) is 3.57. The molecular formula is C17H23NO. The molecule has 2 N–H and O–H groups in total.